The fourth-order valence-corrected chi connectivity index (χ4v) is 5.34. The van der Waals surface area contributed by atoms with Crippen LogP contribution in [0.4, 0.5) is 0 Å². The summed E-state index contributed by atoms with van der Waals surface area (Å²) in [4.78, 5) is 1.47. The fraction of sp³-hybridized carbons (Fsp3) is 0.294. The van der Waals surface area contributed by atoms with E-state index in [0.717, 1.165) is 5.33 Å². The molecule has 1 aliphatic rings. The van der Waals surface area contributed by atoms with Gasteiger partial charge in [0.25, 0.3) is 0 Å². The van der Waals surface area contributed by atoms with Crippen LogP contribution >= 0.6 is 43.6 Å². The molecule has 0 spiro atoms. The summed E-state index contributed by atoms with van der Waals surface area (Å²) in [6, 6.07) is 17.5. The summed E-state index contributed by atoms with van der Waals surface area (Å²) in [5.41, 5.74) is 2.95. The van der Waals surface area contributed by atoms with Crippen molar-refractivity contribution in [2.75, 3.05) is 11.1 Å². The number of rotatable bonds is 4. The molecule has 0 nitrogen and oxygen atoms in total. The molecule has 0 N–H and O–H groups in total. The van der Waals surface area contributed by atoms with Crippen molar-refractivity contribution in [2.24, 2.45) is 0 Å². The molecule has 1 heterocycles. The maximum Gasteiger partial charge on any atom is 0.0210 e. The Morgan fingerprint density at radius 3 is 2.65 bits per heavy atom. The summed E-state index contributed by atoms with van der Waals surface area (Å²) in [5, 5.41) is 1.01. The van der Waals surface area contributed by atoms with E-state index in [1.165, 1.54) is 32.7 Å². The van der Waals surface area contributed by atoms with E-state index in [1.54, 1.807) is 0 Å². The summed E-state index contributed by atoms with van der Waals surface area (Å²) in [7, 11) is 0. The first-order valence-corrected chi connectivity index (χ1v) is 9.71. The predicted molar refractivity (Wildman–Crippen MR) is 95.2 cm³/mol. The van der Waals surface area contributed by atoms with Crippen molar-refractivity contribution in [2.45, 2.75) is 23.2 Å². The molecule has 0 saturated heterocycles. The van der Waals surface area contributed by atoms with Crippen molar-refractivity contribution in [1.29, 1.82) is 0 Å². The molecule has 2 unspecified atom stereocenters. The summed E-state index contributed by atoms with van der Waals surface area (Å²) in [6.45, 7) is 0. The lowest BCUT2D eigenvalue weighted by Crippen LogP contribution is -2.08. The monoisotopic (exact) mass is 410 g/mol. The van der Waals surface area contributed by atoms with E-state index >= 15 is 0 Å². The van der Waals surface area contributed by atoms with E-state index in [4.69, 9.17) is 0 Å². The van der Waals surface area contributed by atoms with Crippen molar-refractivity contribution in [3.05, 3.63) is 64.1 Å². The van der Waals surface area contributed by atoms with Crippen LogP contribution in [-0.2, 0) is 0 Å². The lowest BCUT2D eigenvalue weighted by Gasteiger charge is -2.20. The minimum Gasteiger partial charge on any atom is -0.125 e. The summed E-state index contributed by atoms with van der Waals surface area (Å²) >= 11 is 9.40. The lowest BCUT2D eigenvalue weighted by atomic mass is 9.87. The number of thioether (sulfide) groups is 1. The molecule has 0 fully saturated rings. The van der Waals surface area contributed by atoms with E-state index in [2.05, 4.69) is 80.4 Å². The van der Waals surface area contributed by atoms with Crippen molar-refractivity contribution < 1.29 is 0 Å². The van der Waals surface area contributed by atoms with Gasteiger partial charge < -0.3 is 0 Å². The molecule has 0 bridgehead atoms. The van der Waals surface area contributed by atoms with Crippen LogP contribution in [0.3, 0.4) is 0 Å². The average molecular weight is 412 g/mol. The normalized spacial score (nSPS) is 18.8. The van der Waals surface area contributed by atoms with Gasteiger partial charge in [0, 0.05) is 20.5 Å². The first-order chi connectivity index (χ1) is 9.79. The van der Waals surface area contributed by atoms with Crippen molar-refractivity contribution in [3.8, 4) is 0 Å². The van der Waals surface area contributed by atoms with E-state index in [0.29, 0.717) is 11.8 Å². The minimum absolute atomic E-state index is 0.558. The molecule has 3 heteroatoms. The zero-order valence-corrected chi connectivity index (χ0v) is 15.0. The van der Waals surface area contributed by atoms with Crippen molar-refractivity contribution >= 4 is 43.6 Å². The molecule has 0 saturated carbocycles. The van der Waals surface area contributed by atoms with E-state index < -0.39 is 0 Å². The van der Waals surface area contributed by atoms with Crippen LogP contribution < -0.4 is 0 Å². The maximum atomic E-state index is 3.71. The highest BCUT2D eigenvalue weighted by atomic mass is 79.9. The van der Waals surface area contributed by atoms with Gasteiger partial charge in [-0.2, -0.15) is 0 Å². The third kappa shape index (κ3) is 3.00. The van der Waals surface area contributed by atoms with Gasteiger partial charge in [-0.3, -0.25) is 0 Å². The second-order valence-electron chi connectivity index (χ2n) is 5.15. The first-order valence-electron chi connectivity index (χ1n) is 6.81. The molecule has 3 rings (SSSR count). The van der Waals surface area contributed by atoms with Crippen LogP contribution in [0.25, 0.3) is 0 Å². The summed E-state index contributed by atoms with van der Waals surface area (Å²) < 4.78 is 1.23. The molecule has 0 radical (unpaired) electrons. The third-order valence-electron chi connectivity index (χ3n) is 3.90. The van der Waals surface area contributed by atoms with Gasteiger partial charge in [-0.15, -0.1) is 11.8 Å². The zero-order chi connectivity index (χ0) is 13.9. The molecular formula is C17H16Br2S. The Labute approximate surface area is 141 Å². The fourth-order valence-electron chi connectivity index (χ4n) is 2.85. The average Bonchev–Trinajstić information content (AvgIpc) is 2.89. The lowest BCUT2D eigenvalue weighted by molar-refractivity contribution is 0.607. The van der Waals surface area contributed by atoms with Gasteiger partial charge in [0.05, 0.1) is 0 Å². The largest absolute Gasteiger partial charge is 0.125 e. The number of benzene rings is 2. The van der Waals surface area contributed by atoms with Crippen molar-refractivity contribution in [3.63, 3.8) is 0 Å². The maximum absolute atomic E-state index is 3.71. The smallest absolute Gasteiger partial charge is 0.0210 e. The number of alkyl halides is 1. The third-order valence-corrected chi connectivity index (χ3v) is 6.65. The van der Waals surface area contributed by atoms with Crippen molar-refractivity contribution in [1.82, 2.24) is 0 Å². The SMILES string of the molecule is BrCC(CC1CSc2ccccc21)c1ccccc1Br. The van der Waals surface area contributed by atoms with Gasteiger partial charge in [0.2, 0.25) is 0 Å². The molecular weight excluding hydrogens is 396 g/mol. The molecule has 104 valence electrons. The molecule has 0 amide bonds. The summed E-state index contributed by atoms with van der Waals surface area (Å²) in [6.07, 6.45) is 1.21. The number of halogens is 2. The van der Waals surface area contributed by atoms with E-state index in [9.17, 15) is 0 Å². The van der Waals surface area contributed by atoms with E-state index in [1.807, 2.05) is 11.8 Å². The van der Waals surface area contributed by atoms with Crippen LogP contribution in [0.5, 0.6) is 0 Å². The Bertz CT molecular complexity index is 597. The quantitative estimate of drug-likeness (QED) is 0.539. The van der Waals surface area contributed by atoms with E-state index in [-0.39, 0.29) is 0 Å². The van der Waals surface area contributed by atoms with Crippen LogP contribution in [0.15, 0.2) is 57.9 Å². The van der Waals surface area contributed by atoms with Gasteiger partial charge in [0.15, 0.2) is 0 Å². The number of fused-ring (bicyclic) bond motifs is 1. The number of hydrogen-bond donors (Lipinski definition) is 0. The van der Waals surface area contributed by atoms with Crippen LogP contribution in [0.1, 0.15) is 29.4 Å². The standard InChI is InChI=1S/C17H16Br2S/c18-10-12(14-5-1-3-7-16(14)19)9-13-11-20-17-8-4-2-6-15(13)17/h1-8,12-13H,9-11H2. The Morgan fingerprint density at radius 1 is 1.10 bits per heavy atom. The Hall–Kier alpha value is -0.250. The van der Waals surface area contributed by atoms with Gasteiger partial charge in [-0.1, -0.05) is 68.3 Å². The molecule has 2 aromatic carbocycles. The van der Waals surface area contributed by atoms with Crippen LogP contribution in [0.2, 0.25) is 0 Å². The first kappa shape index (κ1) is 14.7. The highest BCUT2D eigenvalue weighted by Gasteiger charge is 2.26. The molecule has 1 aliphatic heterocycles. The Kier molecular flexibility index (Phi) is 4.90. The highest BCUT2D eigenvalue weighted by molar-refractivity contribution is 9.10. The minimum atomic E-state index is 0.558. The molecule has 2 aromatic rings. The van der Waals surface area contributed by atoms with Gasteiger partial charge in [-0.25, -0.2) is 0 Å². The number of hydrogen-bond acceptors (Lipinski definition) is 1. The molecule has 2 atom stereocenters. The van der Waals surface area contributed by atoms with Crippen LogP contribution in [0, 0.1) is 0 Å². The second-order valence-corrected chi connectivity index (χ2v) is 7.72. The highest BCUT2D eigenvalue weighted by Crippen LogP contribution is 2.44. The van der Waals surface area contributed by atoms with Crippen LogP contribution in [-0.4, -0.2) is 11.1 Å². The Balaban J connectivity index is 1.82. The van der Waals surface area contributed by atoms with Gasteiger partial charge >= 0.3 is 0 Å². The zero-order valence-electron chi connectivity index (χ0n) is 11.1. The van der Waals surface area contributed by atoms with Gasteiger partial charge in [0.1, 0.15) is 0 Å². The topological polar surface area (TPSA) is 0 Å². The predicted octanol–water partition coefficient (Wildman–Crippen LogP) is 6.21. The molecule has 20 heavy (non-hydrogen) atoms. The van der Waals surface area contributed by atoms with Gasteiger partial charge in [-0.05, 0) is 41.5 Å². The summed E-state index contributed by atoms with van der Waals surface area (Å²) in [5.74, 6) is 2.45. The Morgan fingerprint density at radius 2 is 1.85 bits per heavy atom. The second kappa shape index (κ2) is 6.67. The molecule has 0 aliphatic carbocycles. The molecule has 0 aromatic heterocycles.